The molecule has 3 N–H and O–H groups in total. The zero-order valence-corrected chi connectivity index (χ0v) is 12.4. The Morgan fingerprint density at radius 1 is 1.14 bits per heavy atom. The van der Waals surface area contributed by atoms with E-state index in [4.69, 9.17) is 10.6 Å². The average Bonchev–Trinajstić information content (AvgIpc) is 2.49. The van der Waals surface area contributed by atoms with Crippen molar-refractivity contribution < 1.29 is 9.13 Å². The van der Waals surface area contributed by atoms with Gasteiger partial charge in [0.15, 0.2) is 0 Å². The van der Waals surface area contributed by atoms with Crippen molar-refractivity contribution in [1.29, 1.82) is 0 Å². The molecule has 0 amide bonds. The molecule has 2 aromatic rings. The van der Waals surface area contributed by atoms with Crippen molar-refractivity contribution in [1.82, 2.24) is 5.43 Å². The lowest BCUT2D eigenvalue weighted by atomic mass is 9.97. The molecule has 1 unspecified atom stereocenters. The van der Waals surface area contributed by atoms with Crippen LogP contribution in [0.3, 0.4) is 0 Å². The van der Waals surface area contributed by atoms with E-state index in [1.54, 1.807) is 19.2 Å². The summed E-state index contributed by atoms with van der Waals surface area (Å²) in [5, 5.41) is 0. The Labute approximate surface area is 124 Å². The number of nitrogens with two attached hydrogens (primary N) is 1. The lowest BCUT2D eigenvalue weighted by molar-refractivity contribution is 0.404. The van der Waals surface area contributed by atoms with Crippen molar-refractivity contribution in [3.05, 3.63) is 65.0 Å². The van der Waals surface area contributed by atoms with Gasteiger partial charge < -0.3 is 4.74 Å². The van der Waals surface area contributed by atoms with Gasteiger partial charge in [-0.15, -0.1) is 0 Å². The van der Waals surface area contributed by atoms with E-state index in [-0.39, 0.29) is 11.9 Å². The Balaban J connectivity index is 2.16. The number of rotatable bonds is 6. The van der Waals surface area contributed by atoms with E-state index in [1.165, 1.54) is 6.07 Å². The first-order chi connectivity index (χ1) is 10.1. The quantitative estimate of drug-likeness (QED) is 0.635. The molecule has 0 aliphatic carbocycles. The Kier molecular flexibility index (Phi) is 5.31. The Morgan fingerprint density at radius 3 is 2.52 bits per heavy atom. The fourth-order valence-corrected chi connectivity index (χ4v) is 2.45. The standard InChI is InChI=1S/C17H21FN2O/c1-12-7-8-17(21-2)14(9-12)11-15(20-19)10-13-5-3-4-6-16(13)18/h3-9,15,20H,10-11,19H2,1-2H3. The SMILES string of the molecule is COc1ccc(C)cc1CC(Cc1ccccc1F)NN. The molecule has 21 heavy (non-hydrogen) atoms. The molecule has 112 valence electrons. The van der Waals surface area contributed by atoms with E-state index >= 15 is 0 Å². The van der Waals surface area contributed by atoms with Gasteiger partial charge in [0.2, 0.25) is 0 Å². The molecule has 2 rings (SSSR count). The Bertz CT molecular complexity index is 601. The smallest absolute Gasteiger partial charge is 0.126 e. The number of hydrazine groups is 1. The molecule has 0 fully saturated rings. The highest BCUT2D eigenvalue weighted by Gasteiger charge is 2.14. The van der Waals surface area contributed by atoms with Gasteiger partial charge in [0.05, 0.1) is 7.11 Å². The van der Waals surface area contributed by atoms with Crippen LogP contribution in [-0.4, -0.2) is 13.2 Å². The van der Waals surface area contributed by atoms with Crippen LogP contribution in [0, 0.1) is 12.7 Å². The third-order valence-corrected chi connectivity index (χ3v) is 3.56. The summed E-state index contributed by atoms with van der Waals surface area (Å²) in [5.41, 5.74) is 5.66. The van der Waals surface area contributed by atoms with Gasteiger partial charge in [0.1, 0.15) is 11.6 Å². The molecule has 0 saturated carbocycles. The van der Waals surface area contributed by atoms with Crippen LogP contribution in [0.25, 0.3) is 0 Å². The van der Waals surface area contributed by atoms with E-state index in [1.807, 2.05) is 25.1 Å². The summed E-state index contributed by atoms with van der Waals surface area (Å²) in [4.78, 5) is 0. The molecule has 0 heterocycles. The normalized spacial score (nSPS) is 12.2. The second kappa shape index (κ2) is 7.20. The molecule has 0 spiro atoms. The molecule has 1 atom stereocenters. The number of ether oxygens (including phenoxy) is 1. The first-order valence-corrected chi connectivity index (χ1v) is 6.97. The summed E-state index contributed by atoms with van der Waals surface area (Å²) in [6.45, 7) is 2.03. The van der Waals surface area contributed by atoms with Gasteiger partial charge >= 0.3 is 0 Å². The minimum absolute atomic E-state index is 0.0578. The van der Waals surface area contributed by atoms with E-state index in [9.17, 15) is 4.39 Å². The number of aryl methyl sites for hydroxylation is 1. The highest BCUT2D eigenvalue weighted by atomic mass is 19.1. The van der Waals surface area contributed by atoms with Gasteiger partial charge in [-0.05, 0) is 43.0 Å². The molecule has 0 radical (unpaired) electrons. The summed E-state index contributed by atoms with van der Waals surface area (Å²) in [5.74, 6) is 6.26. The first kappa shape index (κ1) is 15.5. The van der Waals surface area contributed by atoms with Crippen molar-refractivity contribution in [3.63, 3.8) is 0 Å². The van der Waals surface area contributed by atoms with E-state index in [0.29, 0.717) is 18.4 Å². The van der Waals surface area contributed by atoms with Crippen LogP contribution in [0.4, 0.5) is 4.39 Å². The molecule has 2 aromatic carbocycles. The lowest BCUT2D eigenvalue weighted by Crippen LogP contribution is -2.38. The monoisotopic (exact) mass is 288 g/mol. The summed E-state index contributed by atoms with van der Waals surface area (Å²) < 4.78 is 19.1. The fourth-order valence-electron chi connectivity index (χ4n) is 2.45. The molecular formula is C17H21FN2O. The van der Waals surface area contributed by atoms with Crippen LogP contribution in [0.1, 0.15) is 16.7 Å². The molecular weight excluding hydrogens is 267 g/mol. The highest BCUT2D eigenvalue weighted by Crippen LogP contribution is 2.22. The Hall–Kier alpha value is -1.91. The third kappa shape index (κ3) is 4.03. The van der Waals surface area contributed by atoms with E-state index < -0.39 is 0 Å². The van der Waals surface area contributed by atoms with Gasteiger partial charge in [-0.1, -0.05) is 35.9 Å². The topological polar surface area (TPSA) is 47.3 Å². The van der Waals surface area contributed by atoms with Gasteiger partial charge in [-0.2, -0.15) is 0 Å². The number of benzene rings is 2. The minimum Gasteiger partial charge on any atom is -0.496 e. The highest BCUT2D eigenvalue weighted by molar-refractivity contribution is 5.37. The predicted molar refractivity (Wildman–Crippen MR) is 82.7 cm³/mol. The summed E-state index contributed by atoms with van der Waals surface area (Å²) in [6, 6.07) is 12.7. The molecule has 0 aliphatic heterocycles. The van der Waals surface area contributed by atoms with Gasteiger partial charge in [-0.3, -0.25) is 11.3 Å². The molecule has 4 heteroatoms. The first-order valence-electron chi connectivity index (χ1n) is 6.97. The molecule has 3 nitrogen and oxygen atoms in total. The predicted octanol–water partition coefficient (Wildman–Crippen LogP) is 2.76. The van der Waals surface area contributed by atoms with Crippen molar-refractivity contribution in [2.45, 2.75) is 25.8 Å². The van der Waals surface area contributed by atoms with Crippen LogP contribution in [0.5, 0.6) is 5.75 Å². The maximum Gasteiger partial charge on any atom is 0.126 e. The van der Waals surface area contributed by atoms with Gasteiger partial charge in [0, 0.05) is 6.04 Å². The minimum atomic E-state index is -0.200. The second-order valence-corrected chi connectivity index (χ2v) is 5.18. The van der Waals surface area contributed by atoms with Crippen LogP contribution in [0.15, 0.2) is 42.5 Å². The number of hydrogen-bond acceptors (Lipinski definition) is 3. The van der Waals surface area contributed by atoms with Crippen LogP contribution in [-0.2, 0) is 12.8 Å². The summed E-state index contributed by atoms with van der Waals surface area (Å²) in [7, 11) is 1.65. The fraction of sp³-hybridized carbons (Fsp3) is 0.294. The van der Waals surface area contributed by atoms with Gasteiger partial charge in [-0.25, -0.2) is 4.39 Å². The molecule has 0 aromatic heterocycles. The molecule has 0 bridgehead atoms. The van der Waals surface area contributed by atoms with Crippen LogP contribution in [0.2, 0.25) is 0 Å². The zero-order chi connectivity index (χ0) is 15.2. The van der Waals surface area contributed by atoms with E-state index in [2.05, 4.69) is 11.5 Å². The Morgan fingerprint density at radius 2 is 1.86 bits per heavy atom. The lowest BCUT2D eigenvalue weighted by Gasteiger charge is -2.18. The van der Waals surface area contributed by atoms with Crippen LogP contribution < -0.4 is 16.0 Å². The van der Waals surface area contributed by atoms with Gasteiger partial charge in [0.25, 0.3) is 0 Å². The zero-order valence-electron chi connectivity index (χ0n) is 12.4. The van der Waals surface area contributed by atoms with Crippen molar-refractivity contribution in [3.8, 4) is 5.75 Å². The third-order valence-electron chi connectivity index (χ3n) is 3.56. The summed E-state index contributed by atoms with van der Waals surface area (Å²) >= 11 is 0. The molecule has 0 saturated heterocycles. The number of nitrogens with one attached hydrogen (secondary N) is 1. The number of halogens is 1. The van der Waals surface area contributed by atoms with Crippen LogP contribution >= 0.6 is 0 Å². The van der Waals surface area contributed by atoms with Crippen molar-refractivity contribution >= 4 is 0 Å². The maximum absolute atomic E-state index is 13.7. The second-order valence-electron chi connectivity index (χ2n) is 5.18. The maximum atomic E-state index is 13.7. The number of hydrogen-bond donors (Lipinski definition) is 2. The average molecular weight is 288 g/mol. The largest absolute Gasteiger partial charge is 0.496 e. The van der Waals surface area contributed by atoms with Crippen molar-refractivity contribution in [2.24, 2.45) is 5.84 Å². The number of methoxy groups -OCH3 is 1. The van der Waals surface area contributed by atoms with E-state index in [0.717, 1.165) is 16.9 Å². The summed E-state index contributed by atoms with van der Waals surface area (Å²) in [6.07, 6.45) is 1.20. The van der Waals surface area contributed by atoms with Crippen molar-refractivity contribution in [2.75, 3.05) is 7.11 Å². The molecule has 0 aliphatic rings.